The molecule has 0 aromatic carbocycles. The van der Waals surface area contributed by atoms with E-state index in [9.17, 15) is 29.1 Å². The Kier molecular flexibility index (Phi) is 10.6. The Morgan fingerprint density at radius 2 is 1.12 bits per heavy atom. The minimum absolute atomic E-state index is 0.0448. The molecule has 11 nitrogen and oxygen atoms in total. The molecule has 0 saturated heterocycles. The number of nitrogens with zero attached hydrogens (tertiary/aromatic N) is 3. The average molecular weight is 453 g/mol. The van der Waals surface area contributed by atoms with Crippen LogP contribution < -0.4 is 17.1 Å². The highest BCUT2D eigenvalue weighted by molar-refractivity contribution is 5.81. The zero-order valence-corrected chi connectivity index (χ0v) is 18.7. The van der Waals surface area contributed by atoms with Crippen LogP contribution in [0.1, 0.15) is 78.0 Å². The maximum absolute atomic E-state index is 13.3. The molecule has 32 heavy (non-hydrogen) atoms. The Bertz CT molecular complexity index is 934. The van der Waals surface area contributed by atoms with Crippen LogP contribution in [0.3, 0.4) is 0 Å². The molecule has 3 unspecified atom stereocenters. The lowest BCUT2D eigenvalue weighted by molar-refractivity contribution is -0.149. The molecule has 1 rings (SSSR count). The van der Waals surface area contributed by atoms with Gasteiger partial charge in [-0.25, -0.2) is 37.7 Å². The summed E-state index contributed by atoms with van der Waals surface area (Å²) in [5.41, 5.74) is -3.42. The summed E-state index contributed by atoms with van der Waals surface area (Å²) in [4.78, 5) is 63.2. The Morgan fingerprint density at radius 1 is 0.781 bits per heavy atom. The smallest absolute Gasteiger partial charge is 0.342 e. The Morgan fingerprint density at radius 3 is 1.44 bits per heavy atom. The molecule has 0 amide bonds. The maximum atomic E-state index is 13.3. The Labute approximate surface area is 185 Å². The highest BCUT2D eigenvalue weighted by Gasteiger charge is 2.30. The highest BCUT2D eigenvalue weighted by Crippen LogP contribution is 2.16. The summed E-state index contributed by atoms with van der Waals surface area (Å²) >= 11 is 0. The molecule has 0 aliphatic heterocycles. The van der Waals surface area contributed by atoms with E-state index in [4.69, 9.17) is 9.47 Å². The molecule has 0 aliphatic rings. The number of aliphatic hydroxyl groups is 1. The first-order chi connectivity index (χ1) is 15.2. The minimum Gasteiger partial charge on any atom is -0.438 e. The number of hydrogen-bond acceptors (Lipinski definition) is 8. The van der Waals surface area contributed by atoms with Crippen molar-refractivity contribution in [3.8, 4) is 0 Å². The summed E-state index contributed by atoms with van der Waals surface area (Å²) < 4.78 is 12.0. The van der Waals surface area contributed by atoms with Gasteiger partial charge in [0.2, 0.25) is 0 Å². The van der Waals surface area contributed by atoms with Crippen molar-refractivity contribution in [2.75, 3.05) is 0 Å². The molecule has 0 saturated carbocycles. The van der Waals surface area contributed by atoms with Gasteiger partial charge < -0.3 is 14.6 Å². The van der Waals surface area contributed by atoms with E-state index in [1.54, 1.807) is 20.8 Å². The molecule has 1 N–H and O–H groups in total. The number of aromatic nitrogens is 3. The fourth-order valence-electron chi connectivity index (χ4n) is 3.07. The second-order valence-corrected chi connectivity index (χ2v) is 7.00. The largest absolute Gasteiger partial charge is 0.438 e. The van der Waals surface area contributed by atoms with Crippen LogP contribution in [-0.4, -0.2) is 30.7 Å². The van der Waals surface area contributed by atoms with E-state index in [0.717, 1.165) is 12.2 Å². The van der Waals surface area contributed by atoms with Crippen molar-refractivity contribution < 1.29 is 24.2 Å². The van der Waals surface area contributed by atoms with Gasteiger partial charge in [0.15, 0.2) is 12.5 Å². The van der Waals surface area contributed by atoms with Crippen molar-refractivity contribution in [2.24, 2.45) is 0 Å². The van der Waals surface area contributed by atoms with Crippen LogP contribution in [0.2, 0.25) is 0 Å². The van der Waals surface area contributed by atoms with Gasteiger partial charge in [0, 0.05) is 25.0 Å². The lowest BCUT2D eigenvalue weighted by Crippen LogP contribution is -2.58. The minimum atomic E-state index is -1.55. The normalized spacial score (nSPS) is 13.6. The second-order valence-electron chi connectivity index (χ2n) is 7.00. The van der Waals surface area contributed by atoms with Crippen LogP contribution in [0.4, 0.5) is 0 Å². The molecule has 0 fully saturated rings. The quantitative estimate of drug-likeness (QED) is 0.350. The van der Waals surface area contributed by atoms with Gasteiger partial charge in [0.25, 0.3) is 0 Å². The third kappa shape index (κ3) is 6.16. The Balaban J connectivity index is 3.98. The highest BCUT2D eigenvalue weighted by atomic mass is 16.6. The topological polar surface area (TPSA) is 139 Å². The van der Waals surface area contributed by atoms with Gasteiger partial charge >= 0.3 is 29.0 Å². The average Bonchev–Trinajstić information content (AvgIpc) is 2.73. The van der Waals surface area contributed by atoms with Crippen LogP contribution in [0, 0.1) is 0 Å². The molecule has 3 atom stereocenters. The van der Waals surface area contributed by atoms with E-state index in [2.05, 4.69) is 13.2 Å². The van der Waals surface area contributed by atoms with Gasteiger partial charge in [-0.2, -0.15) is 0 Å². The van der Waals surface area contributed by atoms with E-state index in [1.807, 2.05) is 0 Å². The van der Waals surface area contributed by atoms with E-state index >= 15 is 0 Å². The molecule has 0 aliphatic carbocycles. The van der Waals surface area contributed by atoms with Crippen molar-refractivity contribution in [3.05, 3.63) is 56.8 Å². The first-order valence-corrected chi connectivity index (χ1v) is 10.5. The van der Waals surface area contributed by atoms with E-state index in [0.29, 0.717) is 33.0 Å². The van der Waals surface area contributed by atoms with Crippen molar-refractivity contribution in [2.45, 2.75) is 78.0 Å². The molecule has 178 valence electrons. The van der Waals surface area contributed by atoms with Crippen LogP contribution in [0.15, 0.2) is 39.7 Å². The van der Waals surface area contributed by atoms with E-state index in [1.165, 1.54) is 0 Å². The third-order valence-corrected chi connectivity index (χ3v) is 4.57. The van der Waals surface area contributed by atoms with Crippen LogP contribution in [0.25, 0.3) is 0 Å². The molecular formula is C21H31N3O8. The summed E-state index contributed by atoms with van der Waals surface area (Å²) in [5, 5.41) is 10.5. The van der Waals surface area contributed by atoms with Crippen molar-refractivity contribution >= 4 is 11.9 Å². The van der Waals surface area contributed by atoms with Crippen LogP contribution >= 0.6 is 0 Å². The number of hydrogen-bond donors (Lipinski definition) is 1. The maximum Gasteiger partial charge on any atom is 0.342 e. The summed E-state index contributed by atoms with van der Waals surface area (Å²) in [6.45, 7) is 11.8. The van der Waals surface area contributed by atoms with Crippen molar-refractivity contribution in [3.63, 3.8) is 0 Å². The van der Waals surface area contributed by atoms with Crippen LogP contribution in [0.5, 0.6) is 0 Å². The number of aliphatic hydroxyl groups excluding tert-OH is 1. The molecule has 0 spiro atoms. The zero-order valence-electron chi connectivity index (χ0n) is 18.7. The first-order valence-electron chi connectivity index (χ1n) is 10.5. The third-order valence-electron chi connectivity index (χ3n) is 4.57. The van der Waals surface area contributed by atoms with Crippen molar-refractivity contribution in [1.29, 1.82) is 0 Å². The zero-order chi connectivity index (χ0) is 24.4. The van der Waals surface area contributed by atoms with Gasteiger partial charge in [-0.05, 0) is 6.42 Å². The van der Waals surface area contributed by atoms with Gasteiger partial charge in [-0.15, -0.1) is 0 Å². The summed E-state index contributed by atoms with van der Waals surface area (Å²) in [5.74, 6) is -1.76. The fourth-order valence-corrected chi connectivity index (χ4v) is 3.07. The summed E-state index contributed by atoms with van der Waals surface area (Å²) in [6.07, 6.45) is -1.08. The number of ether oxygens (including phenoxy) is 2. The molecular weight excluding hydrogens is 422 g/mol. The number of carbonyl (C=O) groups excluding carboxylic acids is 2. The number of carbonyl (C=O) groups is 2. The molecule has 1 heterocycles. The predicted octanol–water partition coefficient (Wildman–Crippen LogP) is 1.52. The fraction of sp³-hybridized carbons (Fsp3) is 0.571. The standard InChI is InChI=1S/C21H31N3O8/c1-6-11-14(25)22-19(28)23(15(12-7-2)31-17(26)9-4)21(30)24(20(22)29)16(13-8-3)32-18(27)10-5/h9-10,14-16,25H,4-8,11-13H2,1-3H3. The lowest BCUT2D eigenvalue weighted by atomic mass is 10.3. The molecule has 1 aromatic rings. The monoisotopic (exact) mass is 453 g/mol. The summed E-state index contributed by atoms with van der Waals surface area (Å²) in [6, 6.07) is 0. The summed E-state index contributed by atoms with van der Waals surface area (Å²) in [7, 11) is 0. The second kappa shape index (κ2) is 12.6. The SMILES string of the molecule is C=CC(=O)OC(CCC)n1c(=O)n(C(O)CCC)c(=O)n(C(CCC)OC(=O)C=C)c1=O. The molecule has 1 aromatic heterocycles. The number of rotatable bonds is 13. The predicted molar refractivity (Wildman–Crippen MR) is 116 cm³/mol. The van der Waals surface area contributed by atoms with Crippen molar-refractivity contribution in [1.82, 2.24) is 13.7 Å². The molecule has 0 radical (unpaired) electrons. The Hall–Kier alpha value is -3.21. The van der Waals surface area contributed by atoms with Gasteiger partial charge in [0.05, 0.1) is 0 Å². The van der Waals surface area contributed by atoms with E-state index < -0.39 is 47.7 Å². The van der Waals surface area contributed by atoms with Crippen LogP contribution in [-0.2, 0) is 19.1 Å². The first kappa shape index (κ1) is 26.8. The molecule has 0 bridgehead atoms. The van der Waals surface area contributed by atoms with Gasteiger partial charge in [-0.3, -0.25) is 0 Å². The van der Waals surface area contributed by atoms with Gasteiger partial charge in [-0.1, -0.05) is 53.2 Å². The van der Waals surface area contributed by atoms with Gasteiger partial charge in [0.1, 0.15) is 6.23 Å². The number of esters is 2. The lowest BCUT2D eigenvalue weighted by Gasteiger charge is -2.25. The van der Waals surface area contributed by atoms with E-state index in [-0.39, 0.29) is 19.3 Å². The molecule has 11 heteroatoms.